The van der Waals surface area contributed by atoms with E-state index < -0.39 is 0 Å². The summed E-state index contributed by atoms with van der Waals surface area (Å²) in [7, 11) is 2.17. The van der Waals surface area contributed by atoms with Crippen molar-refractivity contribution >= 4 is 16.8 Å². The third-order valence-corrected chi connectivity index (χ3v) is 7.08. The zero-order chi connectivity index (χ0) is 21.8. The third kappa shape index (κ3) is 5.43. The summed E-state index contributed by atoms with van der Waals surface area (Å²) in [6, 6.07) is 8.53. The number of hydrogen-bond acceptors (Lipinski definition) is 5. The van der Waals surface area contributed by atoms with Crippen LogP contribution in [0.4, 0.5) is 0 Å². The highest BCUT2D eigenvalue weighted by atomic mass is 16.2. The summed E-state index contributed by atoms with van der Waals surface area (Å²) < 4.78 is 0. The molecule has 0 saturated carbocycles. The largest absolute Gasteiger partial charge is 0.355 e. The summed E-state index contributed by atoms with van der Waals surface area (Å²) in [6.07, 6.45) is 5.34. The number of hydrogen-bond donors (Lipinski definition) is 2. The average molecular weight is 424 g/mol. The lowest BCUT2D eigenvalue weighted by Gasteiger charge is -2.37. The van der Waals surface area contributed by atoms with Crippen molar-refractivity contribution in [3.8, 4) is 0 Å². The predicted octanol–water partition coefficient (Wildman–Crippen LogP) is 2.58. The fourth-order valence-corrected chi connectivity index (χ4v) is 5.37. The van der Waals surface area contributed by atoms with E-state index in [0.717, 1.165) is 50.2 Å². The summed E-state index contributed by atoms with van der Waals surface area (Å²) in [4.78, 5) is 22.0. The maximum absolute atomic E-state index is 12.7. The van der Waals surface area contributed by atoms with Gasteiger partial charge in [0.25, 0.3) is 0 Å². The fourth-order valence-electron chi connectivity index (χ4n) is 5.37. The molecule has 1 aromatic heterocycles. The Morgan fingerprint density at radius 3 is 2.81 bits per heavy atom. The molecule has 4 rings (SSSR count). The number of aromatic nitrogens is 1. The first-order valence-corrected chi connectivity index (χ1v) is 11.8. The van der Waals surface area contributed by atoms with Crippen LogP contribution < -0.4 is 11.1 Å². The van der Waals surface area contributed by atoms with Gasteiger partial charge < -0.3 is 16.0 Å². The molecular formula is C25H37N5O. The molecule has 0 radical (unpaired) electrons. The monoisotopic (exact) mass is 423 g/mol. The van der Waals surface area contributed by atoms with E-state index >= 15 is 0 Å². The van der Waals surface area contributed by atoms with Gasteiger partial charge in [-0.1, -0.05) is 25.1 Å². The maximum atomic E-state index is 12.7. The van der Waals surface area contributed by atoms with Crippen LogP contribution in [0.1, 0.15) is 43.2 Å². The van der Waals surface area contributed by atoms with Crippen molar-refractivity contribution in [2.24, 2.45) is 17.6 Å². The molecule has 1 aromatic carbocycles. The van der Waals surface area contributed by atoms with Crippen LogP contribution in [0.3, 0.4) is 0 Å². The number of pyridine rings is 1. The lowest BCUT2D eigenvalue weighted by Crippen LogP contribution is -2.45. The smallest absolute Gasteiger partial charge is 0.234 e. The molecule has 1 amide bonds. The number of carbonyl (C=O) groups excluding carboxylic acids is 1. The van der Waals surface area contributed by atoms with Crippen LogP contribution in [-0.2, 0) is 11.3 Å². The van der Waals surface area contributed by atoms with E-state index in [0.29, 0.717) is 30.8 Å². The quantitative estimate of drug-likeness (QED) is 0.747. The maximum Gasteiger partial charge on any atom is 0.234 e. The Balaban J connectivity index is 1.39. The summed E-state index contributed by atoms with van der Waals surface area (Å²) in [5.74, 6) is 1.75. The molecule has 3 N–H and O–H groups in total. The van der Waals surface area contributed by atoms with Crippen LogP contribution in [0, 0.1) is 11.8 Å². The van der Waals surface area contributed by atoms with Gasteiger partial charge in [0.15, 0.2) is 0 Å². The fraction of sp³-hybridized carbons (Fsp3) is 0.600. The number of carbonyl (C=O) groups is 1. The highest BCUT2D eigenvalue weighted by molar-refractivity contribution is 5.85. The number of benzene rings is 1. The van der Waals surface area contributed by atoms with E-state index in [1.807, 2.05) is 12.3 Å². The molecular weight excluding hydrogens is 386 g/mol. The Morgan fingerprint density at radius 1 is 1.23 bits per heavy atom. The second-order valence-corrected chi connectivity index (χ2v) is 9.70. The Kier molecular flexibility index (Phi) is 7.20. The molecule has 2 aromatic rings. The van der Waals surface area contributed by atoms with Crippen LogP contribution in [-0.4, -0.2) is 67.0 Å². The van der Waals surface area contributed by atoms with Crippen LogP contribution in [0.2, 0.25) is 0 Å². The number of nitrogens with one attached hydrogen (secondary N) is 1. The third-order valence-electron chi connectivity index (χ3n) is 7.08. The van der Waals surface area contributed by atoms with Crippen LogP contribution in [0.15, 0.2) is 30.5 Å². The molecule has 2 aliphatic heterocycles. The van der Waals surface area contributed by atoms with E-state index in [2.05, 4.69) is 52.3 Å². The van der Waals surface area contributed by atoms with Crippen molar-refractivity contribution < 1.29 is 4.79 Å². The molecule has 31 heavy (non-hydrogen) atoms. The molecule has 2 aliphatic rings. The topological polar surface area (TPSA) is 74.5 Å². The van der Waals surface area contributed by atoms with Gasteiger partial charge in [-0.3, -0.25) is 14.7 Å². The molecule has 3 heterocycles. The molecule has 2 saturated heterocycles. The SMILES string of the molecule is C[C@@H]1C[C@@H](c2ccc(CN)c3ncccc23)CN(CC(=O)NCC2CCN(C)CC2)C1. The van der Waals surface area contributed by atoms with Crippen LogP contribution in [0.5, 0.6) is 0 Å². The summed E-state index contributed by atoms with van der Waals surface area (Å²) in [5, 5.41) is 4.41. The van der Waals surface area contributed by atoms with Crippen molar-refractivity contribution in [1.82, 2.24) is 20.1 Å². The molecule has 0 unspecified atom stereocenters. The Hall–Kier alpha value is -2.02. The number of piperidine rings is 2. The zero-order valence-electron chi connectivity index (χ0n) is 19.0. The summed E-state index contributed by atoms with van der Waals surface area (Å²) in [5.41, 5.74) is 9.38. The number of amides is 1. The van der Waals surface area contributed by atoms with Gasteiger partial charge in [0, 0.05) is 37.8 Å². The van der Waals surface area contributed by atoms with Gasteiger partial charge in [0.05, 0.1) is 12.1 Å². The number of likely N-dealkylation sites (tertiary alicyclic amines) is 2. The van der Waals surface area contributed by atoms with Crippen molar-refractivity contribution in [3.63, 3.8) is 0 Å². The second kappa shape index (κ2) is 10.1. The van der Waals surface area contributed by atoms with Crippen molar-refractivity contribution in [1.29, 1.82) is 0 Å². The average Bonchev–Trinajstić information content (AvgIpc) is 2.77. The van der Waals surface area contributed by atoms with E-state index in [1.165, 1.54) is 23.8 Å². The Labute approximate surface area is 186 Å². The van der Waals surface area contributed by atoms with Gasteiger partial charge in [-0.15, -0.1) is 0 Å². The lowest BCUT2D eigenvalue weighted by atomic mass is 9.83. The minimum absolute atomic E-state index is 0.164. The number of fused-ring (bicyclic) bond motifs is 1. The first-order chi connectivity index (χ1) is 15.0. The Morgan fingerprint density at radius 2 is 2.03 bits per heavy atom. The predicted molar refractivity (Wildman–Crippen MR) is 126 cm³/mol. The number of nitrogens with zero attached hydrogens (tertiary/aromatic N) is 3. The highest BCUT2D eigenvalue weighted by Crippen LogP contribution is 2.34. The van der Waals surface area contributed by atoms with E-state index in [4.69, 9.17) is 5.73 Å². The van der Waals surface area contributed by atoms with Gasteiger partial charge >= 0.3 is 0 Å². The molecule has 0 spiro atoms. The minimum atomic E-state index is 0.164. The van der Waals surface area contributed by atoms with Gasteiger partial charge in [-0.05, 0) is 74.3 Å². The van der Waals surface area contributed by atoms with Gasteiger partial charge in [-0.2, -0.15) is 0 Å². The van der Waals surface area contributed by atoms with E-state index in [-0.39, 0.29) is 5.91 Å². The van der Waals surface area contributed by atoms with E-state index in [9.17, 15) is 4.79 Å². The summed E-state index contributed by atoms with van der Waals surface area (Å²) >= 11 is 0. The van der Waals surface area contributed by atoms with Crippen molar-refractivity contribution in [2.75, 3.05) is 46.3 Å². The standard InChI is InChI=1S/C25H37N5O/c1-18-12-21(22-6-5-20(13-26)25-23(22)4-3-9-27-25)16-30(15-18)17-24(31)28-14-19-7-10-29(2)11-8-19/h3-6,9,18-19,21H,7-8,10-17,26H2,1-2H3,(H,28,31)/t18-,21-/m1/s1. The lowest BCUT2D eigenvalue weighted by molar-refractivity contribution is -0.123. The Bertz CT molecular complexity index is 893. The highest BCUT2D eigenvalue weighted by Gasteiger charge is 2.28. The molecule has 2 atom stereocenters. The van der Waals surface area contributed by atoms with Crippen molar-refractivity contribution in [3.05, 3.63) is 41.6 Å². The summed E-state index contributed by atoms with van der Waals surface area (Å²) in [6.45, 7) is 8.27. The first kappa shape index (κ1) is 22.2. The van der Waals surface area contributed by atoms with Gasteiger partial charge in [0.1, 0.15) is 0 Å². The van der Waals surface area contributed by atoms with Crippen molar-refractivity contribution in [2.45, 2.75) is 38.6 Å². The van der Waals surface area contributed by atoms with Gasteiger partial charge in [0.2, 0.25) is 5.91 Å². The molecule has 0 bridgehead atoms. The molecule has 0 aliphatic carbocycles. The number of rotatable bonds is 6. The molecule has 6 nitrogen and oxygen atoms in total. The normalized spacial score (nSPS) is 23.8. The minimum Gasteiger partial charge on any atom is -0.355 e. The zero-order valence-corrected chi connectivity index (χ0v) is 19.0. The molecule has 2 fully saturated rings. The van der Waals surface area contributed by atoms with E-state index in [1.54, 1.807) is 0 Å². The second-order valence-electron chi connectivity index (χ2n) is 9.70. The molecule has 168 valence electrons. The van der Waals surface area contributed by atoms with Crippen LogP contribution in [0.25, 0.3) is 10.9 Å². The first-order valence-electron chi connectivity index (χ1n) is 11.8. The van der Waals surface area contributed by atoms with Crippen LogP contribution >= 0.6 is 0 Å². The van der Waals surface area contributed by atoms with Gasteiger partial charge in [-0.25, -0.2) is 0 Å². The number of nitrogens with two attached hydrogens (primary N) is 1. The molecule has 6 heteroatoms.